The van der Waals surface area contributed by atoms with E-state index in [0.29, 0.717) is 6.54 Å². The van der Waals surface area contributed by atoms with Crippen LogP contribution in [0.15, 0.2) is 34.5 Å². The van der Waals surface area contributed by atoms with Crippen LogP contribution in [-0.2, 0) is 23.0 Å². The number of hydrogen-bond donors (Lipinski definition) is 1. The first-order chi connectivity index (χ1) is 10.3. The van der Waals surface area contributed by atoms with Crippen molar-refractivity contribution < 1.29 is 13.3 Å². The third kappa shape index (κ3) is 2.82. The molecule has 0 saturated heterocycles. The van der Waals surface area contributed by atoms with Crippen LogP contribution in [0.25, 0.3) is 0 Å². The van der Waals surface area contributed by atoms with Crippen molar-refractivity contribution in [1.29, 1.82) is 0 Å². The second-order valence-electron chi connectivity index (χ2n) is 5.06. The fourth-order valence-corrected chi connectivity index (χ4v) is 3.83. The average Bonchev–Trinajstić information content (AvgIpc) is 3.05. The van der Waals surface area contributed by atoms with Crippen LogP contribution in [0.3, 0.4) is 0 Å². The van der Waals surface area contributed by atoms with Crippen molar-refractivity contribution >= 4 is 32.0 Å². The van der Waals surface area contributed by atoms with Crippen LogP contribution in [-0.4, -0.2) is 19.9 Å². The van der Waals surface area contributed by atoms with Gasteiger partial charge >= 0.3 is 5.00 Å². The molecule has 1 aliphatic rings. The monoisotopic (exact) mass is 339 g/mol. The zero-order valence-electron chi connectivity index (χ0n) is 11.4. The molecule has 116 valence electrons. The molecule has 0 aliphatic carbocycles. The molecule has 3 rings (SSSR count). The Morgan fingerprint density at radius 1 is 1.36 bits per heavy atom. The number of nitrogens with two attached hydrogens (primary N) is 1. The van der Waals surface area contributed by atoms with Gasteiger partial charge in [0.2, 0.25) is 10.0 Å². The molecule has 1 aromatic heterocycles. The van der Waals surface area contributed by atoms with Gasteiger partial charge in [-0.05, 0) is 35.7 Å². The van der Waals surface area contributed by atoms with Crippen molar-refractivity contribution in [1.82, 2.24) is 0 Å². The molecule has 7 nitrogen and oxygen atoms in total. The maximum atomic E-state index is 11.4. The first kappa shape index (κ1) is 14.9. The molecule has 1 aliphatic heterocycles. The summed E-state index contributed by atoms with van der Waals surface area (Å²) in [5.74, 6) is 0. The predicted molar refractivity (Wildman–Crippen MR) is 83.5 cm³/mol. The van der Waals surface area contributed by atoms with Crippen molar-refractivity contribution in [3.8, 4) is 0 Å². The number of primary sulfonamides is 1. The van der Waals surface area contributed by atoms with Crippen LogP contribution < -0.4 is 10.0 Å². The molecule has 2 aromatic rings. The molecule has 2 N–H and O–H groups in total. The Morgan fingerprint density at radius 2 is 2.14 bits per heavy atom. The normalized spacial score (nSPS) is 14.1. The van der Waals surface area contributed by atoms with Crippen LogP contribution in [0.4, 0.5) is 10.7 Å². The summed E-state index contributed by atoms with van der Waals surface area (Å²) in [6, 6.07) is 6.40. The summed E-state index contributed by atoms with van der Waals surface area (Å²) in [5.41, 5.74) is 2.75. The summed E-state index contributed by atoms with van der Waals surface area (Å²) in [5, 5.41) is 17.7. The lowest BCUT2D eigenvalue weighted by Crippen LogP contribution is -2.19. The van der Waals surface area contributed by atoms with Gasteiger partial charge in [-0.15, -0.1) is 0 Å². The molecule has 9 heteroatoms. The van der Waals surface area contributed by atoms with Gasteiger partial charge in [0, 0.05) is 30.2 Å². The fraction of sp³-hybridized carbons (Fsp3) is 0.231. The van der Waals surface area contributed by atoms with E-state index in [1.54, 1.807) is 23.6 Å². The van der Waals surface area contributed by atoms with Gasteiger partial charge in [0.15, 0.2) is 0 Å². The smallest absolute Gasteiger partial charge is 0.324 e. The number of benzene rings is 1. The summed E-state index contributed by atoms with van der Waals surface area (Å²) in [6.07, 6.45) is 0.727. The zero-order chi connectivity index (χ0) is 15.9. The van der Waals surface area contributed by atoms with E-state index in [1.165, 1.54) is 6.07 Å². The van der Waals surface area contributed by atoms with E-state index in [2.05, 4.69) is 4.90 Å². The Bertz CT molecular complexity index is 845. The topological polar surface area (TPSA) is 107 Å². The first-order valence-electron chi connectivity index (χ1n) is 6.47. The summed E-state index contributed by atoms with van der Waals surface area (Å²) in [4.78, 5) is 12.5. The lowest BCUT2D eigenvalue weighted by Gasteiger charge is -2.18. The molecule has 0 radical (unpaired) electrons. The minimum atomic E-state index is -3.70. The van der Waals surface area contributed by atoms with E-state index in [1.807, 2.05) is 0 Å². The molecule has 0 spiro atoms. The number of hydrogen-bond acceptors (Lipinski definition) is 6. The number of fused-ring (bicyclic) bond motifs is 1. The summed E-state index contributed by atoms with van der Waals surface area (Å²) >= 11 is 1.11. The van der Waals surface area contributed by atoms with Gasteiger partial charge in [0.1, 0.15) is 0 Å². The zero-order valence-corrected chi connectivity index (χ0v) is 13.1. The first-order valence-corrected chi connectivity index (χ1v) is 8.89. The molecule has 0 unspecified atom stereocenters. The predicted octanol–water partition coefficient (Wildman–Crippen LogP) is 1.87. The number of sulfonamides is 1. The quantitative estimate of drug-likeness (QED) is 0.676. The molecule has 0 saturated carbocycles. The van der Waals surface area contributed by atoms with Crippen LogP contribution in [0.1, 0.15) is 11.1 Å². The van der Waals surface area contributed by atoms with Crippen molar-refractivity contribution in [2.75, 3.05) is 11.4 Å². The molecule has 0 fully saturated rings. The van der Waals surface area contributed by atoms with Gasteiger partial charge < -0.3 is 4.90 Å². The summed E-state index contributed by atoms with van der Waals surface area (Å²) < 4.78 is 22.7. The largest absolute Gasteiger partial charge is 0.367 e. The molecule has 1 aromatic carbocycles. The van der Waals surface area contributed by atoms with Crippen molar-refractivity contribution in [3.63, 3.8) is 0 Å². The van der Waals surface area contributed by atoms with Crippen molar-refractivity contribution in [2.24, 2.45) is 5.14 Å². The minimum absolute atomic E-state index is 0.110. The Kier molecular flexibility index (Phi) is 3.63. The van der Waals surface area contributed by atoms with E-state index >= 15 is 0 Å². The van der Waals surface area contributed by atoms with Crippen LogP contribution in [0, 0.1) is 10.1 Å². The van der Waals surface area contributed by atoms with E-state index in [4.69, 9.17) is 5.14 Å². The Hall–Kier alpha value is -1.97. The minimum Gasteiger partial charge on any atom is -0.367 e. The molecule has 2 heterocycles. The van der Waals surface area contributed by atoms with E-state index in [9.17, 15) is 18.5 Å². The highest BCUT2D eigenvalue weighted by atomic mass is 32.2. The van der Waals surface area contributed by atoms with E-state index < -0.39 is 14.9 Å². The molecule has 0 amide bonds. The highest BCUT2D eigenvalue weighted by Crippen LogP contribution is 2.32. The third-order valence-corrected chi connectivity index (χ3v) is 5.40. The Labute approximate surface area is 131 Å². The van der Waals surface area contributed by atoms with Gasteiger partial charge in [-0.1, -0.05) is 11.3 Å². The second-order valence-corrected chi connectivity index (χ2v) is 7.51. The molecule has 0 atom stereocenters. The third-order valence-electron chi connectivity index (χ3n) is 3.56. The molecular formula is C13H13N3O4S2. The SMILES string of the molecule is NS(=O)(=O)c1ccc2c(c1)CCN2Cc1csc([N+](=O)[O-])c1. The fourth-order valence-electron chi connectivity index (χ4n) is 2.55. The summed E-state index contributed by atoms with van der Waals surface area (Å²) in [7, 11) is -3.70. The van der Waals surface area contributed by atoms with E-state index in [0.717, 1.165) is 41.1 Å². The second kappa shape index (κ2) is 5.34. The Balaban J connectivity index is 1.83. The van der Waals surface area contributed by atoms with Gasteiger partial charge in [0.05, 0.1) is 9.82 Å². The van der Waals surface area contributed by atoms with Crippen molar-refractivity contribution in [2.45, 2.75) is 17.9 Å². The molecular weight excluding hydrogens is 326 g/mol. The van der Waals surface area contributed by atoms with Crippen LogP contribution in [0.5, 0.6) is 0 Å². The standard InChI is InChI=1S/C13H13N3O4S2/c14-22(19,20)11-1-2-12-10(6-11)3-4-15(12)7-9-5-13(16(17)18)21-8-9/h1-2,5-6,8H,3-4,7H2,(H2,14,19,20). The number of rotatable bonds is 4. The van der Waals surface area contributed by atoms with Gasteiger partial charge in [-0.25, -0.2) is 13.6 Å². The summed E-state index contributed by atoms with van der Waals surface area (Å²) in [6.45, 7) is 1.30. The highest BCUT2D eigenvalue weighted by Gasteiger charge is 2.22. The maximum Gasteiger partial charge on any atom is 0.324 e. The molecule has 22 heavy (non-hydrogen) atoms. The van der Waals surface area contributed by atoms with Gasteiger partial charge in [-0.2, -0.15) is 0 Å². The van der Waals surface area contributed by atoms with Gasteiger partial charge in [0.25, 0.3) is 0 Å². The van der Waals surface area contributed by atoms with Gasteiger partial charge in [-0.3, -0.25) is 10.1 Å². The lowest BCUT2D eigenvalue weighted by atomic mass is 10.2. The number of nitrogens with zero attached hydrogens (tertiary/aromatic N) is 2. The van der Waals surface area contributed by atoms with Crippen molar-refractivity contribution in [3.05, 3.63) is 50.9 Å². The Morgan fingerprint density at radius 3 is 2.77 bits per heavy atom. The number of anilines is 1. The van der Waals surface area contributed by atoms with Crippen LogP contribution in [0.2, 0.25) is 0 Å². The number of nitro groups is 1. The maximum absolute atomic E-state index is 11.4. The van der Waals surface area contributed by atoms with E-state index in [-0.39, 0.29) is 9.90 Å². The average molecular weight is 339 g/mol. The lowest BCUT2D eigenvalue weighted by molar-refractivity contribution is -0.380. The molecule has 0 bridgehead atoms. The number of thiophene rings is 1. The highest BCUT2D eigenvalue weighted by molar-refractivity contribution is 7.89. The van der Waals surface area contributed by atoms with Crippen LogP contribution >= 0.6 is 11.3 Å².